The zero-order valence-electron chi connectivity index (χ0n) is 11.6. The van der Waals surface area contributed by atoms with Gasteiger partial charge in [0.15, 0.2) is 11.6 Å². The average Bonchev–Trinajstić information content (AvgIpc) is 2.94. The highest BCUT2D eigenvalue weighted by Gasteiger charge is 2.36. The molecule has 1 N–H and O–H groups in total. The summed E-state index contributed by atoms with van der Waals surface area (Å²) in [6.07, 6.45) is 5.50. The van der Waals surface area contributed by atoms with E-state index in [1.54, 1.807) is 0 Å². The maximum atomic E-state index is 5.86. The Morgan fingerprint density at radius 3 is 3.32 bits per heavy atom. The zero-order valence-corrected chi connectivity index (χ0v) is 11.6. The first kappa shape index (κ1) is 12.7. The van der Waals surface area contributed by atoms with Crippen LogP contribution in [0.25, 0.3) is 0 Å². The summed E-state index contributed by atoms with van der Waals surface area (Å²) in [5, 5.41) is 3.52. The van der Waals surface area contributed by atoms with Gasteiger partial charge in [0.2, 0.25) is 0 Å². The summed E-state index contributed by atoms with van der Waals surface area (Å²) in [6, 6.07) is 4.60. The maximum absolute atomic E-state index is 5.86. The number of anilines is 1. The Balaban J connectivity index is 1.83. The minimum absolute atomic E-state index is 0.590. The predicted octanol–water partition coefficient (Wildman–Crippen LogP) is 2.06. The number of nitrogens with zero attached hydrogens (tertiary/aromatic N) is 2. The van der Waals surface area contributed by atoms with Crippen LogP contribution in [0.1, 0.15) is 26.2 Å². The number of pyridine rings is 1. The summed E-state index contributed by atoms with van der Waals surface area (Å²) < 4.78 is 5.86. The lowest BCUT2D eigenvalue weighted by molar-refractivity contribution is 0.311. The van der Waals surface area contributed by atoms with E-state index >= 15 is 0 Å². The van der Waals surface area contributed by atoms with Crippen molar-refractivity contribution >= 4 is 5.82 Å². The number of nitrogens with one attached hydrogen (secondary N) is 1. The first-order valence-corrected chi connectivity index (χ1v) is 7.45. The van der Waals surface area contributed by atoms with E-state index in [2.05, 4.69) is 22.1 Å². The normalized spacial score (nSPS) is 26.3. The molecule has 1 aromatic rings. The van der Waals surface area contributed by atoms with Gasteiger partial charge in [-0.2, -0.15) is 0 Å². The molecule has 0 bridgehead atoms. The quantitative estimate of drug-likeness (QED) is 0.900. The van der Waals surface area contributed by atoms with Crippen molar-refractivity contribution in [3.8, 4) is 5.75 Å². The second-order valence-electron chi connectivity index (χ2n) is 5.49. The summed E-state index contributed by atoms with van der Waals surface area (Å²) in [5.74, 6) is 2.75. The lowest BCUT2D eigenvalue weighted by atomic mass is 9.92. The summed E-state index contributed by atoms with van der Waals surface area (Å²) in [6.45, 7) is 6.22. The third kappa shape index (κ3) is 2.54. The number of rotatable bonds is 4. The number of hydrogen-bond donors (Lipinski definition) is 1. The Morgan fingerprint density at radius 1 is 1.47 bits per heavy atom. The molecule has 2 unspecified atom stereocenters. The van der Waals surface area contributed by atoms with Gasteiger partial charge in [-0.25, -0.2) is 4.98 Å². The summed E-state index contributed by atoms with van der Waals surface area (Å²) in [4.78, 5) is 7.05. The van der Waals surface area contributed by atoms with E-state index in [1.165, 1.54) is 12.8 Å². The van der Waals surface area contributed by atoms with E-state index in [1.807, 2.05) is 18.3 Å². The highest BCUT2D eigenvalue weighted by atomic mass is 16.5. The molecule has 2 aliphatic rings. The Morgan fingerprint density at radius 2 is 2.42 bits per heavy atom. The van der Waals surface area contributed by atoms with E-state index in [0.717, 1.165) is 50.1 Å². The van der Waals surface area contributed by atoms with E-state index < -0.39 is 0 Å². The van der Waals surface area contributed by atoms with E-state index in [9.17, 15) is 0 Å². The van der Waals surface area contributed by atoms with Crippen molar-refractivity contribution in [2.45, 2.75) is 32.2 Å². The van der Waals surface area contributed by atoms with Gasteiger partial charge < -0.3 is 15.0 Å². The van der Waals surface area contributed by atoms with Crippen LogP contribution in [0.4, 0.5) is 5.82 Å². The van der Waals surface area contributed by atoms with Crippen LogP contribution in [0.5, 0.6) is 5.75 Å². The van der Waals surface area contributed by atoms with Gasteiger partial charge in [0.1, 0.15) is 0 Å². The summed E-state index contributed by atoms with van der Waals surface area (Å²) >= 11 is 0. The predicted molar refractivity (Wildman–Crippen MR) is 76.8 cm³/mol. The minimum Gasteiger partial charge on any atom is -0.490 e. The average molecular weight is 261 g/mol. The lowest BCUT2D eigenvalue weighted by Gasteiger charge is -2.38. The molecule has 0 amide bonds. The molecule has 1 aromatic heterocycles. The number of piperidine rings is 1. The molecule has 4 heteroatoms. The van der Waals surface area contributed by atoms with Gasteiger partial charge in [0.05, 0.1) is 6.61 Å². The second-order valence-corrected chi connectivity index (χ2v) is 5.49. The molecule has 0 aliphatic carbocycles. The van der Waals surface area contributed by atoms with Crippen LogP contribution in [-0.4, -0.2) is 37.3 Å². The van der Waals surface area contributed by atoms with Gasteiger partial charge in [0, 0.05) is 31.9 Å². The van der Waals surface area contributed by atoms with Crippen LogP contribution in [0, 0.1) is 5.92 Å². The number of aromatic nitrogens is 1. The van der Waals surface area contributed by atoms with E-state index in [0.29, 0.717) is 6.04 Å². The number of ether oxygens (including phenoxy) is 1. The van der Waals surface area contributed by atoms with E-state index in [4.69, 9.17) is 4.74 Å². The van der Waals surface area contributed by atoms with Crippen LogP contribution >= 0.6 is 0 Å². The Hall–Kier alpha value is -1.29. The molecule has 2 aliphatic heterocycles. The lowest BCUT2D eigenvalue weighted by Crippen LogP contribution is -2.45. The third-order valence-corrected chi connectivity index (χ3v) is 4.16. The van der Waals surface area contributed by atoms with Crippen LogP contribution in [0.2, 0.25) is 0 Å². The topological polar surface area (TPSA) is 37.4 Å². The van der Waals surface area contributed by atoms with Crippen LogP contribution in [0.15, 0.2) is 18.3 Å². The SMILES string of the molecule is CCCOc1cccnc1N1CCCC2CNCC21. The van der Waals surface area contributed by atoms with Crippen LogP contribution in [-0.2, 0) is 0 Å². The first-order valence-electron chi connectivity index (χ1n) is 7.45. The highest BCUT2D eigenvalue weighted by Crippen LogP contribution is 2.34. The molecule has 2 atom stereocenters. The third-order valence-electron chi connectivity index (χ3n) is 4.16. The Bertz CT molecular complexity index is 424. The molecule has 19 heavy (non-hydrogen) atoms. The summed E-state index contributed by atoms with van der Waals surface area (Å²) in [5.41, 5.74) is 0. The smallest absolute Gasteiger partial charge is 0.171 e. The second kappa shape index (κ2) is 5.78. The van der Waals surface area contributed by atoms with Crippen molar-refractivity contribution in [3.63, 3.8) is 0 Å². The largest absolute Gasteiger partial charge is 0.490 e. The maximum Gasteiger partial charge on any atom is 0.171 e. The molecule has 0 saturated carbocycles. The molecule has 0 spiro atoms. The Kier molecular flexibility index (Phi) is 3.87. The molecule has 3 rings (SSSR count). The fraction of sp³-hybridized carbons (Fsp3) is 0.667. The van der Waals surface area contributed by atoms with Gasteiger partial charge in [-0.3, -0.25) is 0 Å². The zero-order chi connectivity index (χ0) is 13.1. The monoisotopic (exact) mass is 261 g/mol. The minimum atomic E-state index is 0.590. The molecule has 104 valence electrons. The van der Waals surface area contributed by atoms with Crippen molar-refractivity contribution in [2.24, 2.45) is 5.92 Å². The van der Waals surface area contributed by atoms with Gasteiger partial charge in [-0.05, 0) is 37.3 Å². The van der Waals surface area contributed by atoms with Crippen LogP contribution in [0.3, 0.4) is 0 Å². The molecule has 2 saturated heterocycles. The van der Waals surface area contributed by atoms with E-state index in [-0.39, 0.29) is 0 Å². The summed E-state index contributed by atoms with van der Waals surface area (Å²) in [7, 11) is 0. The molecule has 2 fully saturated rings. The molecule has 3 heterocycles. The molecule has 0 radical (unpaired) electrons. The van der Waals surface area contributed by atoms with Gasteiger partial charge >= 0.3 is 0 Å². The van der Waals surface area contributed by atoms with Crippen molar-refractivity contribution in [1.82, 2.24) is 10.3 Å². The molecule has 0 aromatic carbocycles. The van der Waals surface area contributed by atoms with Crippen molar-refractivity contribution in [1.29, 1.82) is 0 Å². The first-order chi connectivity index (χ1) is 9.40. The highest BCUT2D eigenvalue weighted by molar-refractivity contribution is 5.53. The van der Waals surface area contributed by atoms with Gasteiger partial charge in [-0.15, -0.1) is 0 Å². The number of fused-ring (bicyclic) bond motifs is 1. The van der Waals surface area contributed by atoms with Crippen LogP contribution < -0.4 is 15.0 Å². The van der Waals surface area contributed by atoms with Gasteiger partial charge in [0.25, 0.3) is 0 Å². The fourth-order valence-corrected chi connectivity index (χ4v) is 3.25. The van der Waals surface area contributed by atoms with Crippen molar-refractivity contribution in [3.05, 3.63) is 18.3 Å². The fourth-order valence-electron chi connectivity index (χ4n) is 3.25. The van der Waals surface area contributed by atoms with Crippen molar-refractivity contribution < 1.29 is 4.74 Å². The molecular weight excluding hydrogens is 238 g/mol. The molecule has 4 nitrogen and oxygen atoms in total. The molecular formula is C15H23N3O. The van der Waals surface area contributed by atoms with Crippen molar-refractivity contribution in [2.75, 3.05) is 31.1 Å². The Labute approximate surface area is 115 Å². The standard InChI is InChI=1S/C15H23N3O/c1-2-9-19-14-6-3-7-17-15(14)18-8-4-5-12-10-16-11-13(12)18/h3,6-7,12-13,16H,2,4-5,8-11H2,1H3. The number of hydrogen-bond acceptors (Lipinski definition) is 4. The van der Waals surface area contributed by atoms with Gasteiger partial charge in [-0.1, -0.05) is 6.92 Å².